The molecule has 3 atom stereocenters. The Bertz CT molecular complexity index is 478. The standard InChI is InChI=1S/C14H14BrNO2/c1-9-2-7-13(18-9)14(17)12(8-16)10-3-5-11(15)6-4-10/h3-6,9,12-13H,2,7H2,1H3. The van der Waals surface area contributed by atoms with Crippen molar-refractivity contribution in [1.82, 2.24) is 0 Å². The van der Waals surface area contributed by atoms with Gasteiger partial charge in [-0.1, -0.05) is 28.1 Å². The second-order valence-electron chi connectivity index (χ2n) is 4.53. The molecule has 94 valence electrons. The molecule has 0 aromatic heterocycles. The normalized spacial score (nSPS) is 24.5. The number of Topliss-reactive ketones (excluding diaryl/α,β-unsaturated/α-hetero) is 1. The molecule has 0 radical (unpaired) electrons. The Labute approximate surface area is 115 Å². The zero-order valence-electron chi connectivity index (χ0n) is 10.1. The maximum Gasteiger partial charge on any atom is 0.183 e. The number of ether oxygens (including phenoxy) is 1. The Morgan fingerprint density at radius 1 is 1.44 bits per heavy atom. The number of rotatable bonds is 3. The molecule has 1 aliphatic rings. The topological polar surface area (TPSA) is 50.1 Å². The van der Waals surface area contributed by atoms with Crippen molar-refractivity contribution in [2.24, 2.45) is 0 Å². The third kappa shape index (κ3) is 2.80. The summed E-state index contributed by atoms with van der Waals surface area (Å²) in [6.07, 6.45) is 1.29. The van der Waals surface area contributed by atoms with Crippen molar-refractivity contribution in [3.8, 4) is 6.07 Å². The molecule has 2 rings (SSSR count). The van der Waals surface area contributed by atoms with Crippen molar-refractivity contribution < 1.29 is 9.53 Å². The number of carbonyl (C=O) groups excluding carboxylic acids is 1. The fourth-order valence-electron chi connectivity index (χ4n) is 2.16. The third-order valence-electron chi connectivity index (χ3n) is 3.17. The fraction of sp³-hybridized carbons (Fsp3) is 0.429. The summed E-state index contributed by atoms with van der Waals surface area (Å²) in [6, 6.07) is 9.36. The van der Waals surface area contributed by atoms with Gasteiger partial charge in [-0.15, -0.1) is 0 Å². The van der Waals surface area contributed by atoms with Gasteiger partial charge in [0.25, 0.3) is 0 Å². The first-order valence-corrected chi connectivity index (χ1v) is 6.75. The van der Waals surface area contributed by atoms with Crippen molar-refractivity contribution in [3.63, 3.8) is 0 Å². The predicted molar refractivity (Wildman–Crippen MR) is 71.1 cm³/mol. The van der Waals surface area contributed by atoms with E-state index in [1.807, 2.05) is 19.1 Å². The first-order chi connectivity index (χ1) is 8.61. The van der Waals surface area contributed by atoms with E-state index in [2.05, 4.69) is 22.0 Å². The molecule has 0 N–H and O–H groups in total. The Morgan fingerprint density at radius 3 is 2.61 bits per heavy atom. The molecule has 1 aromatic carbocycles. The van der Waals surface area contributed by atoms with E-state index in [1.54, 1.807) is 12.1 Å². The van der Waals surface area contributed by atoms with Crippen molar-refractivity contribution in [1.29, 1.82) is 5.26 Å². The van der Waals surface area contributed by atoms with E-state index >= 15 is 0 Å². The Balaban J connectivity index is 2.16. The first kappa shape index (κ1) is 13.3. The number of carbonyl (C=O) groups is 1. The van der Waals surface area contributed by atoms with E-state index in [0.717, 1.165) is 16.5 Å². The van der Waals surface area contributed by atoms with E-state index in [9.17, 15) is 10.1 Å². The molecule has 4 heteroatoms. The monoisotopic (exact) mass is 307 g/mol. The lowest BCUT2D eigenvalue weighted by molar-refractivity contribution is -0.129. The highest BCUT2D eigenvalue weighted by molar-refractivity contribution is 9.10. The van der Waals surface area contributed by atoms with Crippen LogP contribution in [0.5, 0.6) is 0 Å². The van der Waals surface area contributed by atoms with Crippen LogP contribution in [-0.4, -0.2) is 18.0 Å². The molecule has 0 spiro atoms. The van der Waals surface area contributed by atoms with Crippen LogP contribution in [0, 0.1) is 11.3 Å². The van der Waals surface area contributed by atoms with Gasteiger partial charge in [0.1, 0.15) is 12.0 Å². The molecule has 0 bridgehead atoms. The van der Waals surface area contributed by atoms with Crippen LogP contribution < -0.4 is 0 Å². The van der Waals surface area contributed by atoms with Gasteiger partial charge in [0.05, 0.1) is 12.2 Å². The first-order valence-electron chi connectivity index (χ1n) is 5.96. The molecule has 0 amide bonds. The molecule has 0 aliphatic carbocycles. The van der Waals surface area contributed by atoms with Crippen LogP contribution in [0.4, 0.5) is 0 Å². The Kier molecular flexibility index (Phi) is 4.15. The van der Waals surface area contributed by atoms with Crippen LogP contribution in [0.3, 0.4) is 0 Å². The number of benzene rings is 1. The van der Waals surface area contributed by atoms with Crippen molar-refractivity contribution >= 4 is 21.7 Å². The summed E-state index contributed by atoms with van der Waals surface area (Å²) in [5.41, 5.74) is 0.730. The minimum Gasteiger partial charge on any atom is -0.367 e. The lowest BCUT2D eigenvalue weighted by Gasteiger charge is -2.14. The lowest BCUT2D eigenvalue weighted by Crippen LogP contribution is -2.26. The van der Waals surface area contributed by atoms with Gasteiger partial charge in [-0.25, -0.2) is 0 Å². The Morgan fingerprint density at radius 2 is 2.11 bits per heavy atom. The van der Waals surface area contributed by atoms with Crippen LogP contribution >= 0.6 is 15.9 Å². The number of nitriles is 1. The van der Waals surface area contributed by atoms with E-state index in [4.69, 9.17) is 4.74 Å². The highest BCUT2D eigenvalue weighted by atomic mass is 79.9. The summed E-state index contributed by atoms with van der Waals surface area (Å²) in [5, 5.41) is 9.21. The molecule has 0 saturated carbocycles. The Hall–Kier alpha value is -1.18. The van der Waals surface area contributed by atoms with E-state index < -0.39 is 12.0 Å². The van der Waals surface area contributed by atoms with Crippen molar-refractivity contribution in [2.75, 3.05) is 0 Å². The second-order valence-corrected chi connectivity index (χ2v) is 5.44. The minimum atomic E-state index is -0.728. The molecular weight excluding hydrogens is 294 g/mol. The average molecular weight is 308 g/mol. The van der Waals surface area contributed by atoms with E-state index in [0.29, 0.717) is 6.42 Å². The minimum absolute atomic E-state index is 0.114. The summed E-state index contributed by atoms with van der Waals surface area (Å²) in [4.78, 5) is 12.2. The summed E-state index contributed by atoms with van der Waals surface area (Å²) >= 11 is 3.34. The number of hydrogen-bond acceptors (Lipinski definition) is 3. The van der Waals surface area contributed by atoms with Gasteiger partial charge in [-0.3, -0.25) is 4.79 Å². The molecule has 3 nitrogen and oxygen atoms in total. The average Bonchev–Trinajstić information content (AvgIpc) is 2.79. The van der Waals surface area contributed by atoms with Gasteiger partial charge in [0, 0.05) is 4.47 Å². The third-order valence-corrected chi connectivity index (χ3v) is 3.69. The molecule has 18 heavy (non-hydrogen) atoms. The van der Waals surface area contributed by atoms with Gasteiger partial charge in [0.2, 0.25) is 0 Å². The fourth-order valence-corrected chi connectivity index (χ4v) is 2.42. The zero-order chi connectivity index (χ0) is 13.1. The quantitative estimate of drug-likeness (QED) is 0.861. The van der Waals surface area contributed by atoms with Crippen LogP contribution in [0.2, 0.25) is 0 Å². The molecule has 1 fully saturated rings. The number of ketones is 1. The summed E-state index contributed by atoms with van der Waals surface area (Å²) < 4.78 is 6.47. The van der Waals surface area contributed by atoms with Crippen LogP contribution in [0.15, 0.2) is 28.7 Å². The maximum atomic E-state index is 12.2. The highest BCUT2D eigenvalue weighted by Crippen LogP contribution is 2.27. The van der Waals surface area contributed by atoms with Crippen molar-refractivity contribution in [2.45, 2.75) is 37.9 Å². The van der Waals surface area contributed by atoms with Gasteiger partial charge >= 0.3 is 0 Å². The number of nitrogens with zero attached hydrogens (tertiary/aromatic N) is 1. The molecule has 1 saturated heterocycles. The molecule has 1 heterocycles. The molecule has 1 aromatic rings. The van der Waals surface area contributed by atoms with Crippen LogP contribution in [-0.2, 0) is 9.53 Å². The largest absolute Gasteiger partial charge is 0.367 e. The number of halogens is 1. The maximum absolute atomic E-state index is 12.2. The lowest BCUT2D eigenvalue weighted by atomic mass is 9.92. The molecule has 3 unspecified atom stereocenters. The highest BCUT2D eigenvalue weighted by Gasteiger charge is 2.33. The van der Waals surface area contributed by atoms with Gasteiger partial charge in [-0.05, 0) is 37.5 Å². The second kappa shape index (κ2) is 5.64. The van der Waals surface area contributed by atoms with Gasteiger partial charge in [-0.2, -0.15) is 5.26 Å². The zero-order valence-corrected chi connectivity index (χ0v) is 11.7. The molecule has 1 aliphatic heterocycles. The number of hydrogen-bond donors (Lipinski definition) is 0. The smallest absolute Gasteiger partial charge is 0.183 e. The van der Waals surface area contributed by atoms with Gasteiger partial charge < -0.3 is 4.74 Å². The summed E-state index contributed by atoms with van der Waals surface area (Å²) in [5.74, 6) is -0.849. The van der Waals surface area contributed by atoms with Crippen LogP contribution in [0.1, 0.15) is 31.2 Å². The SMILES string of the molecule is CC1CCC(C(=O)C(C#N)c2ccc(Br)cc2)O1. The van der Waals surface area contributed by atoms with Crippen LogP contribution in [0.25, 0.3) is 0 Å². The summed E-state index contributed by atoms with van der Waals surface area (Å²) in [6.45, 7) is 1.95. The molecular formula is C14H14BrNO2. The van der Waals surface area contributed by atoms with Gasteiger partial charge in [0.15, 0.2) is 5.78 Å². The van der Waals surface area contributed by atoms with Crippen molar-refractivity contribution in [3.05, 3.63) is 34.3 Å². The predicted octanol–water partition coefficient (Wildman–Crippen LogP) is 3.19. The summed E-state index contributed by atoms with van der Waals surface area (Å²) in [7, 11) is 0. The van der Waals surface area contributed by atoms with E-state index in [1.165, 1.54) is 0 Å². The van der Waals surface area contributed by atoms with E-state index in [-0.39, 0.29) is 11.9 Å².